The normalized spacial score (nSPS) is 10.2. The predicted molar refractivity (Wildman–Crippen MR) is 42.3 cm³/mol. The molecule has 3 heteroatoms. The third kappa shape index (κ3) is 7.33. The first-order chi connectivity index (χ1) is 5.16. The van der Waals surface area contributed by atoms with Crippen LogP contribution in [0.3, 0.4) is 0 Å². The average Bonchev–Trinajstić information content (AvgIpc) is 1.86. The van der Waals surface area contributed by atoms with Gasteiger partial charge in [-0.3, -0.25) is 0 Å². The summed E-state index contributed by atoms with van der Waals surface area (Å²) in [5.74, 6) is -0.284. The largest absolute Gasteiger partial charge is 0.461 e. The third-order valence-electron chi connectivity index (χ3n) is 0.936. The highest BCUT2D eigenvalue weighted by atomic mass is 16.6. The molecule has 0 aromatic carbocycles. The molecule has 0 rings (SSSR count). The number of hydrogen-bond acceptors (Lipinski definition) is 3. The predicted octanol–water partition coefficient (Wildman–Crippen LogP) is 1.36. The topological polar surface area (TPSA) is 35.5 Å². The molecule has 0 radical (unpaired) electrons. The minimum atomic E-state index is -0.284. The lowest BCUT2D eigenvalue weighted by Gasteiger charge is -2.07. The quantitative estimate of drug-likeness (QED) is 0.450. The third-order valence-corrected chi connectivity index (χ3v) is 0.936. The van der Waals surface area contributed by atoms with Crippen molar-refractivity contribution < 1.29 is 14.3 Å². The Bertz CT molecular complexity index is 110. The molecule has 0 spiro atoms. The van der Waals surface area contributed by atoms with Crippen molar-refractivity contribution in [2.45, 2.75) is 33.3 Å². The summed E-state index contributed by atoms with van der Waals surface area (Å²) in [7, 11) is 0. The lowest BCUT2D eigenvalue weighted by molar-refractivity contribution is -0.152. The number of rotatable bonds is 5. The smallest absolute Gasteiger partial charge is 0.332 e. The van der Waals surface area contributed by atoms with Crippen molar-refractivity contribution in [3.05, 3.63) is 0 Å². The van der Waals surface area contributed by atoms with Gasteiger partial charge in [-0.05, 0) is 20.3 Å². The Morgan fingerprint density at radius 2 is 2.09 bits per heavy atom. The highest BCUT2D eigenvalue weighted by Crippen LogP contribution is 1.90. The second-order valence-corrected chi connectivity index (χ2v) is 2.59. The van der Waals surface area contributed by atoms with Gasteiger partial charge in [-0.1, -0.05) is 6.92 Å². The van der Waals surface area contributed by atoms with E-state index in [4.69, 9.17) is 9.47 Å². The molecule has 11 heavy (non-hydrogen) atoms. The van der Waals surface area contributed by atoms with E-state index in [9.17, 15) is 4.79 Å². The summed E-state index contributed by atoms with van der Waals surface area (Å²) in [6.07, 6.45) is 0.877. The Balaban J connectivity index is 3.23. The molecule has 0 saturated heterocycles. The molecule has 0 amide bonds. The van der Waals surface area contributed by atoms with Crippen LogP contribution in [0, 0.1) is 0 Å². The van der Waals surface area contributed by atoms with Gasteiger partial charge in [0, 0.05) is 6.61 Å². The Morgan fingerprint density at radius 3 is 2.55 bits per heavy atom. The first kappa shape index (κ1) is 10.4. The molecule has 0 atom stereocenters. The van der Waals surface area contributed by atoms with Gasteiger partial charge in [0.15, 0.2) is 0 Å². The van der Waals surface area contributed by atoms with E-state index in [2.05, 4.69) is 0 Å². The van der Waals surface area contributed by atoms with E-state index in [-0.39, 0.29) is 18.7 Å². The highest BCUT2D eigenvalue weighted by Gasteiger charge is 2.03. The van der Waals surface area contributed by atoms with Gasteiger partial charge in [0.25, 0.3) is 0 Å². The standard InChI is InChI=1S/C8H16O3/c1-4-5-10-6-8(9)11-7(2)3/h7H,4-6H2,1-3H3. The van der Waals surface area contributed by atoms with Crippen molar-refractivity contribution in [3.63, 3.8) is 0 Å². The van der Waals surface area contributed by atoms with Crippen LogP contribution in [0.25, 0.3) is 0 Å². The van der Waals surface area contributed by atoms with Crippen molar-refractivity contribution >= 4 is 5.97 Å². The summed E-state index contributed by atoms with van der Waals surface area (Å²) in [4.78, 5) is 10.8. The van der Waals surface area contributed by atoms with Gasteiger partial charge >= 0.3 is 5.97 Å². The van der Waals surface area contributed by atoms with E-state index in [0.29, 0.717) is 6.61 Å². The van der Waals surface area contributed by atoms with E-state index in [1.54, 1.807) is 0 Å². The highest BCUT2D eigenvalue weighted by molar-refractivity contribution is 5.70. The Labute approximate surface area is 67.7 Å². The van der Waals surface area contributed by atoms with Crippen molar-refractivity contribution in [1.29, 1.82) is 0 Å². The Hall–Kier alpha value is -0.570. The zero-order valence-electron chi connectivity index (χ0n) is 7.42. The minimum absolute atomic E-state index is 0.0484. The van der Waals surface area contributed by atoms with Crippen LogP contribution in [0.2, 0.25) is 0 Å². The molecule has 0 aliphatic rings. The number of hydrogen-bond donors (Lipinski definition) is 0. The molecule has 66 valence electrons. The van der Waals surface area contributed by atoms with Crippen molar-refractivity contribution in [1.82, 2.24) is 0 Å². The maximum atomic E-state index is 10.8. The van der Waals surface area contributed by atoms with Crippen LogP contribution in [-0.2, 0) is 14.3 Å². The summed E-state index contributed by atoms with van der Waals surface area (Å²) < 4.78 is 9.80. The second-order valence-electron chi connectivity index (χ2n) is 2.59. The summed E-state index contributed by atoms with van der Waals surface area (Å²) in [5.41, 5.74) is 0. The van der Waals surface area contributed by atoms with Gasteiger partial charge in [0.1, 0.15) is 6.61 Å². The van der Waals surface area contributed by atoms with Gasteiger partial charge in [-0.25, -0.2) is 4.79 Å². The van der Waals surface area contributed by atoms with Gasteiger partial charge in [-0.2, -0.15) is 0 Å². The summed E-state index contributed by atoms with van der Waals surface area (Å²) in [5, 5.41) is 0. The zero-order chi connectivity index (χ0) is 8.69. The van der Waals surface area contributed by atoms with Gasteiger partial charge in [-0.15, -0.1) is 0 Å². The average molecular weight is 160 g/mol. The van der Waals surface area contributed by atoms with Crippen LogP contribution in [0.1, 0.15) is 27.2 Å². The monoisotopic (exact) mass is 160 g/mol. The summed E-state index contributed by atoms with van der Waals surface area (Å²) in [6, 6.07) is 0. The van der Waals surface area contributed by atoms with Gasteiger partial charge in [0.05, 0.1) is 6.10 Å². The molecule has 0 saturated carbocycles. The maximum absolute atomic E-state index is 10.8. The first-order valence-electron chi connectivity index (χ1n) is 3.94. The minimum Gasteiger partial charge on any atom is -0.461 e. The molecule has 0 aliphatic carbocycles. The Kier molecular flexibility index (Phi) is 5.84. The van der Waals surface area contributed by atoms with Crippen molar-refractivity contribution in [2.24, 2.45) is 0 Å². The van der Waals surface area contributed by atoms with Crippen molar-refractivity contribution in [2.75, 3.05) is 13.2 Å². The van der Waals surface area contributed by atoms with Crippen LogP contribution in [-0.4, -0.2) is 25.3 Å². The van der Waals surface area contributed by atoms with Crippen LogP contribution in [0.15, 0.2) is 0 Å². The van der Waals surface area contributed by atoms with E-state index >= 15 is 0 Å². The van der Waals surface area contributed by atoms with E-state index < -0.39 is 0 Å². The molecule has 0 aromatic heterocycles. The first-order valence-corrected chi connectivity index (χ1v) is 3.94. The zero-order valence-corrected chi connectivity index (χ0v) is 7.42. The maximum Gasteiger partial charge on any atom is 0.332 e. The molecular weight excluding hydrogens is 144 g/mol. The molecule has 0 aromatic rings. The number of esters is 1. The molecule has 0 N–H and O–H groups in total. The fraction of sp³-hybridized carbons (Fsp3) is 0.875. The molecular formula is C8H16O3. The van der Waals surface area contributed by atoms with Gasteiger partial charge < -0.3 is 9.47 Å². The second kappa shape index (κ2) is 6.16. The molecule has 0 fully saturated rings. The Morgan fingerprint density at radius 1 is 1.45 bits per heavy atom. The van der Waals surface area contributed by atoms with Crippen LogP contribution < -0.4 is 0 Å². The molecule has 3 nitrogen and oxygen atoms in total. The molecule has 0 bridgehead atoms. The molecule has 0 unspecified atom stereocenters. The van der Waals surface area contributed by atoms with Gasteiger partial charge in [0.2, 0.25) is 0 Å². The van der Waals surface area contributed by atoms with Crippen LogP contribution >= 0.6 is 0 Å². The van der Waals surface area contributed by atoms with E-state index in [1.165, 1.54) is 0 Å². The number of carbonyl (C=O) groups is 1. The SMILES string of the molecule is CCCOCC(=O)OC(C)C. The summed E-state index contributed by atoms with van der Waals surface area (Å²) in [6.45, 7) is 6.32. The fourth-order valence-corrected chi connectivity index (χ4v) is 0.597. The molecule has 0 aliphatic heterocycles. The van der Waals surface area contributed by atoms with E-state index in [0.717, 1.165) is 6.42 Å². The summed E-state index contributed by atoms with van der Waals surface area (Å²) >= 11 is 0. The lowest BCUT2D eigenvalue weighted by atomic mass is 10.5. The van der Waals surface area contributed by atoms with Crippen LogP contribution in [0.4, 0.5) is 0 Å². The number of carbonyl (C=O) groups excluding carboxylic acids is 1. The fourth-order valence-electron chi connectivity index (χ4n) is 0.597. The van der Waals surface area contributed by atoms with Crippen molar-refractivity contribution in [3.8, 4) is 0 Å². The van der Waals surface area contributed by atoms with Crippen LogP contribution in [0.5, 0.6) is 0 Å². The lowest BCUT2D eigenvalue weighted by Crippen LogP contribution is -2.17. The molecule has 0 heterocycles. The van der Waals surface area contributed by atoms with E-state index in [1.807, 2.05) is 20.8 Å². The number of ether oxygens (including phenoxy) is 2.